The second-order valence-corrected chi connectivity index (χ2v) is 3.87. The van der Waals surface area contributed by atoms with Gasteiger partial charge in [-0.2, -0.15) is 13.2 Å². The smallest absolute Gasteiger partial charge is 0.401 e. The van der Waals surface area contributed by atoms with Gasteiger partial charge in [-0.3, -0.25) is 0 Å². The van der Waals surface area contributed by atoms with E-state index in [0.29, 0.717) is 0 Å². The van der Waals surface area contributed by atoms with Crippen molar-refractivity contribution in [3.05, 3.63) is 18.1 Å². The molecular formula is C8H8BrF3N2O. The minimum Gasteiger partial charge on any atom is -0.481 e. The maximum atomic E-state index is 12.2. The molecular weight excluding hydrogens is 277 g/mol. The van der Waals surface area contributed by atoms with E-state index in [1.165, 1.54) is 19.5 Å². The Morgan fingerprint density at radius 2 is 2.13 bits per heavy atom. The Bertz CT molecular complexity index is 332. The van der Waals surface area contributed by atoms with E-state index >= 15 is 0 Å². The number of ether oxygens (including phenoxy) is 1. The van der Waals surface area contributed by atoms with Crippen LogP contribution in [0.15, 0.2) is 12.4 Å². The number of nitrogens with zero attached hydrogens (tertiary/aromatic N) is 2. The maximum Gasteiger partial charge on any atom is 0.401 e. The summed E-state index contributed by atoms with van der Waals surface area (Å²) < 4.78 is 41.4. The molecule has 7 heteroatoms. The summed E-state index contributed by atoms with van der Waals surface area (Å²) in [6.07, 6.45) is -3.36. The average molecular weight is 285 g/mol. The van der Waals surface area contributed by atoms with Crippen LogP contribution >= 0.6 is 15.9 Å². The molecule has 0 aromatic carbocycles. The van der Waals surface area contributed by atoms with E-state index in [4.69, 9.17) is 4.74 Å². The summed E-state index contributed by atoms with van der Waals surface area (Å²) in [7, 11) is 1.39. The van der Waals surface area contributed by atoms with Crippen LogP contribution in [0.1, 0.15) is 5.69 Å². The lowest BCUT2D eigenvalue weighted by Crippen LogP contribution is -2.25. The Kier molecular flexibility index (Phi) is 3.90. The number of hydrogen-bond acceptors (Lipinski definition) is 3. The van der Waals surface area contributed by atoms with Crippen LogP contribution in [-0.4, -0.2) is 28.1 Å². The van der Waals surface area contributed by atoms with Gasteiger partial charge >= 0.3 is 6.18 Å². The minimum atomic E-state index is -4.28. The highest BCUT2D eigenvalue weighted by Gasteiger charge is 2.37. The van der Waals surface area contributed by atoms with Crippen molar-refractivity contribution in [2.75, 3.05) is 7.11 Å². The van der Waals surface area contributed by atoms with Crippen LogP contribution in [0.5, 0.6) is 5.88 Å². The Balaban J connectivity index is 2.72. The van der Waals surface area contributed by atoms with E-state index in [9.17, 15) is 13.2 Å². The van der Waals surface area contributed by atoms with Gasteiger partial charge in [-0.15, -0.1) is 0 Å². The Morgan fingerprint density at radius 1 is 1.47 bits per heavy atom. The van der Waals surface area contributed by atoms with Gasteiger partial charge in [-0.1, -0.05) is 15.9 Å². The molecule has 0 aliphatic heterocycles. The summed E-state index contributed by atoms with van der Waals surface area (Å²) >= 11 is 2.56. The molecule has 1 heterocycles. The predicted octanol–water partition coefficient (Wildman–Crippen LogP) is 2.35. The van der Waals surface area contributed by atoms with Crippen LogP contribution in [0.25, 0.3) is 0 Å². The van der Waals surface area contributed by atoms with Gasteiger partial charge in [-0.05, 0) is 0 Å². The molecule has 1 rings (SSSR count). The quantitative estimate of drug-likeness (QED) is 0.800. The SMILES string of the molecule is COc1cc(CC(Br)C(F)(F)F)ncn1. The van der Waals surface area contributed by atoms with E-state index in [2.05, 4.69) is 25.9 Å². The van der Waals surface area contributed by atoms with Crippen LogP contribution < -0.4 is 4.74 Å². The van der Waals surface area contributed by atoms with Crippen molar-refractivity contribution in [1.29, 1.82) is 0 Å². The topological polar surface area (TPSA) is 35.0 Å². The maximum absolute atomic E-state index is 12.2. The molecule has 0 aliphatic carbocycles. The van der Waals surface area contributed by atoms with E-state index in [1.807, 2.05) is 0 Å². The third-order valence-electron chi connectivity index (χ3n) is 1.65. The Labute approximate surface area is 92.8 Å². The lowest BCUT2D eigenvalue weighted by atomic mass is 10.2. The molecule has 1 atom stereocenters. The first kappa shape index (κ1) is 12.2. The summed E-state index contributed by atoms with van der Waals surface area (Å²) in [6.45, 7) is 0. The fourth-order valence-corrected chi connectivity index (χ4v) is 1.23. The summed E-state index contributed by atoms with van der Waals surface area (Å²) in [4.78, 5) is 5.81. The van der Waals surface area contributed by atoms with Crippen molar-refractivity contribution in [3.8, 4) is 5.88 Å². The van der Waals surface area contributed by atoms with E-state index in [-0.39, 0.29) is 18.0 Å². The highest BCUT2D eigenvalue weighted by Crippen LogP contribution is 2.28. The summed E-state index contributed by atoms with van der Waals surface area (Å²) in [5.74, 6) is 0.252. The first-order valence-electron chi connectivity index (χ1n) is 3.99. The van der Waals surface area contributed by atoms with Crippen molar-refractivity contribution in [1.82, 2.24) is 9.97 Å². The molecule has 1 unspecified atom stereocenters. The first-order chi connectivity index (χ1) is 6.93. The zero-order chi connectivity index (χ0) is 11.5. The predicted molar refractivity (Wildman–Crippen MR) is 51.1 cm³/mol. The van der Waals surface area contributed by atoms with Crippen molar-refractivity contribution in [2.45, 2.75) is 17.4 Å². The van der Waals surface area contributed by atoms with E-state index in [1.54, 1.807) is 0 Å². The van der Waals surface area contributed by atoms with Crippen molar-refractivity contribution in [2.24, 2.45) is 0 Å². The molecule has 0 saturated heterocycles. The van der Waals surface area contributed by atoms with Crippen LogP contribution in [-0.2, 0) is 6.42 Å². The monoisotopic (exact) mass is 284 g/mol. The number of hydrogen-bond donors (Lipinski definition) is 0. The molecule has 15 heavy (non-hydrogen) atoms. The molecule has 0 spiro atoms. The molecule has 0 saturated carbocycles. The van der Waals surface area contributed by atoms with Gasteiger partial charge in [0.15, 0.2) is 0 Å². The van der Waals surface area contributed by atoms with Crippen molar-refractivity contribution < 1.29 is 17.9 Å². The van der Waals surface area contributed by atoms with Crippen LogP contribution in [0.3, 0.4) is 0 Å². The standard InChI is InChI=1S/C8H8BrF3N2O/c1-15-7-3-5(13-4-14-7)2-6(9)8(10,11)12/h3-4,6H,2H2,1H3. The molecule has 1 aromatic heterocycles. The third kappa shape index (κ3) is 3.65. The number of methoxy groups -OCH3 is 1. The van der Waals surface area contributed by atoms with Gasteiger partial charge in [0, 0.05) is 18.2 Å². The van der Waals surface area contributed by atoms with E-state index in [0.717, 1.165) is 0 Å². The van der Waals surface area contributed by atoms with Crippen molar-refractivity contribution >= 4 is 15.9 Å². The normalized spacial score (nSPS) is 13.7. The Morgan fingerprint density at radius 3 is 2.67 bits per heavy atom. The van der Waals surface area contributed by atoms with Gasteiger partial charge in [0.2, 0.25) is 5.88 Å². The molecule has 0 aliphatic rings. The van der Waals surface area contributed by atoms with Gasteiger partial charge in [0.25, 0.3) is 0 Å². The largest absolute Gasteiger partial charge is 0.481 e. The van der Waals surface area contributed by atoms with Gasteiger partial charge in [0.1, 0.15) is 11.2 Å². The summed E-state index contributed by atoms with van der Waals surface area (Å²) in [6, 6.07) is 1.38. The molecule has 1 aromatic rings. The van der Waals surface area contributed by atoms with Crippen LogP contribution in [0.2, 0.25) is 0 Å². The zero-order valence-electron chi connectivity index (χ0n) is 7.75. The minimum absolute atomic E-state index is 0.248. The third-order valence-corrected chi connectivity index (χ3v) is 2.49. The molecule has 0 radical (unpaired) electrons. The highest BCUT2D eigenvalue weighted by molar-refractivity contribution is 9.09. The number of aromatic nitrogens is 2. The number of alkyl halides is 4. The van der Waals surface area contributed by atoms with Gasteiger partial charge in [-0.25, -0.2) is 9.97 Å². The molecule has 0 fully saturated rings. The molecule has 0 amide bonds. The molecule has 84 valence electrons. The van der Waals surface area contributed by atoms with Gasteiger partial charge in [0.05, 0.1) is 7.11 Å². The number of halogens is 4. The summed E-state index contributed by atoms with van der Waals surface area (Å²) in [5.41, 5.74) is 0.279. The fraction of sp³-hybridized carbons (Fsp3) is 0.500. The number of rotatable bonds is 3. The molecule has 3 nitrogen and oxygen atoms in total. The van der Waals surface area contributed by atoms with Crippen molar-refractivity contribution in [3.63, 3.8) is 0 Å². The van der Waals surface area contributed by atoms with Crippen LogP contribution in [0.4, 0.5) is 13.2 Å². The second-order valence-electron chi connectivity index (χ2n) is 2.76. The first-order valence-corrected chi connectivity index (χ1v) is 4.90. The Hall–Kier alpha value is -0.850. The lowest BCUT2D eigenvalue weighted by molar-refractivity contribution is -0.126. The average Bonchev–Trinajstić information content (AvgIpc) is 2.16. The molecule has 0 N–H and O–H groups in total. The second kappa shape index (κ2) is 4.78. The van der Waals surface area contributed by atoms with E-state index < -0.39 is 11.0 Å². The van der Waals surface area contributed by atoms with Crippen LogP contribution in [0, 0.1) is 0 Å². The highest BCUT2D eigenvalue weighted by atomic mass is 79.9. The molecule has 0 bridgehead atoms. The fourth-order valence-electron chi connectivity index (χ4n) is 0.900. The lowest BCUT2D eigenvalue weighted by Gasteiger charge is -2.13. The van der Waals surface area contributed by atoms with Gasteiger partial charge < -0.3 is 4.74 Å². The zero-order valence-corrected chi connectivity index (χ0v) is 9.34. The summed E-state index contributed by atoms with van der Waals surface area (Å²) in [5, 5.41) is 0.